The number of methoxy groups -OCH3 is 2. The summed E-state index contributed by atoms with van der Waals surface area (Å²) in [6, 6.07) is 28.4. The lowest BCUT2D eigenvalue weighted by Crippen LogP contribution is -2.14. The van der Waals surface area contributed by atoms with Gasteiger partial charge in [0.1, 0.15) is 24.9 Å². The van der Waals surface area contributed by atoms with Gasteiger partial charge in [0.15, 0.2) is 23.0 Å². The lowest BCUT2D eigenvalue weighted by molar-refractivity contribution is -0.112. The molecule has 0 unspecified atom stereocenters. The molecule has 4 rings (SSSR count). The van der Waals surface area contributed by atoms with Gasteiger partial charge >= 0.3 is 0 Å². The molecule has 1 amide bonds. The van der Waals surface area contributed by atoms with Crippen molar-refractivity contribution < 1.29 is 23.7 Å². The zero-order valence-electron chi connectivity index (χ0n) is 23.6. The Labute approximate surface area is 240 Å². The molecule has 0 heterocycles. The van der Waals surface area contributed by atoms with Crippen LogP contribution in [0.4, 0.5) is 5.69 Å². The van der Waals surface area contributed by atoms with Gasteiger partial charge in [-0.15, -0.1) is 0 Å². The molecule has 7 heteroatoms. The van der Waals surface area contributed by atoms with Gasteiger partial charge < -0.3 is 24.3 Å². The Morgan fingerprint density at radius 3 is 2.12 bits per heavy atom. The van der Waals surface area contributed by atoms with Crippen LogP contribution in [0.1, 0.15) is 27.8 Å². The van der Waals surface area contributed by atoms with Crippen molar-refractivity contribution in [3.05, 3.63) is 118 Å². The van der Waals surface area contributed by atoms with Gasteiger partial charge in [0.25, 0.3) is 5.91 Å². The number of hydrogen-bond donors (Lipinski definition) is 1. The third-order valence-electron chi connectivity index (χ3n) is 6.58. The van der Waals surface area contributed by atoms with E-state index in [1.807, 2.05) is 86.6 Å². The summed E-state index contributed by atoms with van der Waals surface area (Å²) in [4.78, 5) is 12.8. The molecule has 0 aliphatic carbocycles. The van der Waals surface area contributed by atoms with E-state index >= 15 is 0 Å². The van der Waals surface area contributed by atoms with Crippen LogP contribution in [0.2, 0.25) is 0 Å². The van der Waals surface area contributed by atoms with Crippen LogP contribution in [0.3, 0.4) is 0 Å². The lowest BCUT2D eigenvalue weighted by atomic mass is 10.1. The average Bonchev–Trinajstić information content (AvgIpc) is 3.00. The van der Waals surface area contributed by atoms with Crippen LogP contribution in [0.5, 0.6) is 23.0 Å². The lowest BCUT2D eigenvalue weighted by Gasteiger charge is -2.14. The van der Waals surface area contributed by atoms with Crippen molar-refractivity contribution in [3.63, 3.8) is 0 Å². The maximum absolute atomic E-state index is 12.8. The Morgan fingerprint density at radius 2 is 1.44 bits per heavy atom. The van der Waals surface area contributed by atoms with Gasteiger partial charge in [-0.05, 0) is 78.1 Å². The van der Waals surface area contributed by atoms with Crippen molar-refractivity contribution in [2.75, 3.05) is 19.5 Å². The SMILES string of the molecule is COc1cc(/C=C(/C#N)C(=O)Nc2cccc(C)c2C)ccc1OCc1ccc(OCc2ccccc2)c(OC)c1. The molecule has 0 fully saturated rings. The van der Waals surface area contributed by atoms with E-state index in [4.69, 9.17) is 18.9 Å². The Bertz CT molecular complexity index is 1590. The van der Waals surface area contributed by atoms with Gasteiger partial charge in [-0.2, -0.15) is 5.26 Å². The van der Waals surface area contributed by atoms with Gasteiger partial charge in [-0.25, -0.2) is 0 Å². The van der Waals surface area contributed by atoms with E-state index in [0.717, 1.165) is 22.3 Å². The Kier molecular flexibility index (Phi) is 9.63. The summed E-state index contributed by atoms with van der Waals surface area (Å²) < 4.78 is 23.0. The first-order chi connectivity index (χ1) is 19.9. The fourth-order valence-electron chi connectivity index (χ4n) is 4.10. The van der Waals surface area contributed by atoms with Crippen LogP contribution in [-0.4, -0.2) is 20.1 Å². The molecule has 208 valence electrons. The molecule has 0 radical (unpaired) electrons. The molecule has 4 aromatic carbocycles. The maximum Gasteiger partial charge on any atom is 0.266 e. The smallest absolute Gasteiger partial charge is 0.266 e. The first-order valence-corrected chi connectivity index (χ1v) is 13.1. The highest BCUT2D eigenvalue weighted by molar-refractivity contribution is 6.10. The van der Waals surface area contributed by atoms with E-state index in [2.05, 4.69) is 5.32 Å². The van der Waals surface area contributed by atoms with Crippen LogP contribution < -0.4 is 24.3 Å². The number of benzene rings is 4. The van der Waals surface area contributed by atoms with Crippen molar-refractivity contribution in [1.82, 2.24) is 0 Å². The van der Waals surface area contributed by atoms with Crippen LogP contribution in [0.15, 0.2) is 90.5 Å². The third-order valence-corrected chi connectivity index (χ3v) is 6.58. The number of nitrogens with zero attached hydrogens (tertiary/aromatic N) is 1. The summed E-state index contributed by atoms with van der Waals surface area (Å²) in [5.74, 6) is 1.76. The molecular weight excluding hydrogens is 516 g/mol. The van der Waals surface area contributed by atoms with E-state index < -0.39 is 5.91 Å². The maximum atomic E-state index is 12.8. The number of ether oxygens (including phenoxy) is 4. The molecule has 7 nitrogen and oxygen atoms in total. The van der Waals surface area contributed by atoms with E-state index in [-0.39, 0.29) is 12.2 Å². The molecule has 0 atom stereocenters. The second-order valence-corrected chi connectivity index (χ2v) is 9.33. The molecule has 0 saturated carbocycles. The third kappa shape index (κ3) is 7.46. The average molecular weight is 549 g/mol. The Morgan fingerprint density at radius 1 is 0.780 bits per heavy atom. The van der Waals surface area contributed by atoms with Gasteiger partial charge in [0.05, 0.1) is 14.2 Å². The summed E-state index contributed by atoms with van der Waals surface area (Å²) >= 11 is 0. The predicted octanol–water partition coefficient (Wildman–Crippen LogP) is 7.02. The van der Waals surface area contributed by atoms with Crippen LogP contribution in [0, 0.1) is 25.2 Å². The molecule has 0 aliphatic rings. The Balaban J connectivity index is 1.43. The highest BCUT2D eigenvalue weighted by Crippen LogP contribution is 2.32. The summed E-state index contributed by atoms with van der Waals surface area (Å²) in [6.07, 6.45) is 1.52. The van der Waals surface area contributed by atoms with E-state index in [1.165, 1.54) is 13.2 Å². The van der Waals surface area contributed by atoms with Gasteiger partial charge in [0, 0.05) is 5.69 Å². The molecule has 0 aliphatic heterocycles. The molecule has 0 spiro atoms. The second kappa shape index (κ2) is 13.7. The fourth-order valence-corrected chi connectivity index (χ4v) is 4.10. The molecule has 0 aromatic heterocycles. The highest BCUT2D eigenvalue weighted by atomic mass is 16.5. The van der Waals surface area contributed by atoms with Crippen LogP contribution >= 0.6 is 0 Å². The minimum Gasteiger partial charge on any atom is -0.493 e. The van der Waals surface area contributed by atoms with Crippen molar-refractivity contribution in [2.24, 2.45) is 0 Å². The molecule has 0 saturated heterocycles. The Hall–Kier alpha value is -5.22. The quantitative estimate of drug-likeness (QED) is 0.160. The number of amides is 1. The second-order valence-electron chi connectivity index (χ2n) is 9.33. The molecule has 0 bridgehead atoms. The summed E-state index contributed by atoms with van der Waals surface area (Å²) in [5, 5.41) is 12.5. The number of hydrogen-bond acceptors (Lipinski definition) is 6. The van der Waals surface area contributed by atoms with E-state index in [1.54, 1.807) is 25.3 Å². The number of carbonyl (C=O) groups excluding carboxylic acids is 1. The van der Waals surface area contributed by atoms with Crippen LogP contribution in [-0.2, 0) is 18.0 Å². The molecule has 1 N–H and O–H groups in total. The highest BCUT2D eigenvalue weighted by Gasteiger charge is 2.13. The number of nitriles is 1. The number of anilines is 1. The minimum absolute atomic E-state index is 0.0247. The normalized spacial score (nSPS) is 10.9. The molecule has 41 heavy (non-hydrogen) atoms. The van der Waals surface area contributed by atoms with Crippen molar-refractivity contribution >= 4 is 17.7 Å². The standard InChI is InChI=1S/C34H32N2O5/c1-23-9-8-12-29(24(23)2)36-34(37)28(20-35)17-26-13-15-30(32(18-26)38-3)41-22-27-14-16-31(33(19-27)39-4)40-21-25-10-6-5-7-11-25/h5-19H,21-22H2,1-4H3,(H,36,37)/b28-17-. The minimum atomic E-state index is -0.481. The number of carbonyl (C=O) groups is 1. The number of aryl methyl sites for hydroxylation is 1. The van der Waals surface area contributed by atoms with Gasteiger partial charge in [-0.1, -0.05) is 54.6 Å². The number of nitrogens with one attached hydrogen (secondary N) is 1. The van der Waals surface area contributed by atoms with Gasteiger partial charge in [-0.3, -0.25) is 4.79 Å². The molecule has 4 aromatic rings. The predicted molar refractivity (Wildman–Crippen MR) is 159 cm³/mol. The van der Waals surface area contributed by atoms with E-state index in [9.17, 15) is 10.1 Å². The zero-order chi connectivity index (χ0) is 29.2. The summed E-state index contributed by atoms with van der Waals surface area (Å²) in [7, 11) is 3.14. The van der Waals surface area contributed by atoms with Gasteiger partial charge in [0.2, 0.25) is 0 Å². The van der Waals surface area contributed by atoms with Crippen LogP contribution in [0.25, 0.3) is 6.08 Å². The fraction of sp³-hybridized carbons (Fsp3) is 0.176. The first-order valence-electron chi connectivity index (χ1n) is 13.1. The van der Waals surface area contributed by atoms with E-state index in [0.29, 0.717) is 40.9 Å². The monoisotopic (exact) mass is 548 g/mol. The topological polar surface area (TPSA) is 89.8 Å². The number of rotatable bonds is 11. The van der Waals surface area contributed by atoms with Crippen molar-refractivity contribution in [3.8, 4) is 29.1 Å². The van der Waals surface area contributed by atoms with Crippen molar-refractivity contribution in [2.45, 2.75) is 27.1 Å². The largest absolute Gasteiger partial charge is 0.493 e. The molecular formula is C34H32N2O5. The summed E-state index contributed by atoms with van der Waals surface area (Å²) in [5.41, 5.74) is 5.23. The first kappa shape index (κ1) is 28.8. The van der Waals surface area contributed by atoms with Crippen molar-refractivity contribution in [1.29, 1.82) is 5.26 Å². The summed E-state index contributed by atoms with van der Waals surface area (Å²) in [6.45, 7) is 4.60. The zero-order valence-corrected chi connectivity index (χ0v) is 23.6.